The molecule has 1 aliphatic heterocycles. The molecule has 20 heavy (non-hydrogen) atoms. The summed E-state index contributed by atoms with van der Waals surface area (Å²) in [4.78, 5) is 14.6. The predicted octanol–water partition coefficient (Wildman–Crippen LogP) is 2.98. The van der Waals surface area contributed by atoms with Crippen molar-refractivity contribution in [2.24, 2.45) is 5.41 Å². The van der Waals surface area contributed by atoms with Gasteiger partial charge in [0.2, 0.25) is 5.91 Å². The van der Waals surface area contributed by atoms with Gasteiger partial charge in [0, 0.05) is 25.5 Å². The highest BCUT2D eigenvalue weighted by molar-refractivity contribution is 5.80. The van der Waals surface area contributed by atoms with E-state index in [1.807, 2.05) is 40.9 Å². The second kappa shape index (κ2) is 6.13. The number of piperidine rings is 1. The molecule has 0 unspecified atom stereocenters. The maximum atomic E-state index is 12.7. The van der Waals surface area contributed by atoms with Crippen LogP contribution in [0.3, 0.4) is 0 Å². The molecular weight excluding hydrogens is 250 g/mol. The molecule has 108 valence electrons. The van der Waals surface area contributed by atoms with Crippen LogP contribution in [0.2, 0.25) is 0 Å². The third-order valence-electron chi connectivity index (χ3n) is 4.28. The fourth-order valence-corrected chi connectivity index (χ4v) is 2.77. The van der Waals surface area contributed by atoms with Gasteiger partial charge >= 0.3 is 0 Å². The van der Waals surface area contributed by atoms with E-state index in [9.17, 15) is 4.79 Å². The molecule has 1 fully saturated rings. The van der Waals surface area contributed by atoms with Crippen LogP contribution >= 0.6 is 0 Å². The van der Waals surface area contributed by atoms with Crippen molar-refractivity contribution in [1.29, 1.82) is 5.26 Å². The van der Waals surface area contributed by atoms with Crippen LogP contribution in [0.4, 0.5) is 0 Å². The van der Waals surface area contributed by atoms with Crippen LogP contribution in [0, 0.1) is 16.7 Å². The van der Waals surface area contributed by atoms with Gasteiger partial charge in [0.05, 0.1) is 11.5 Å². The van der Waals surface area contributed by atoms with Crippen molar-refractivity contribution >= 4 is 5.91 Å². The lowest BCUT2D eigenvalue weighted by Gasteiger charge is -2.37. The van der Waals surface area contributed by atoms with Crippen LogP contribution in [0.5, 0.6) is 0 Å². The molecule has 1 aromatic heterocycles. The highest BCUT2D eigenvalue weighted by Crippen LogP contribution is 2.31. The molecule has 0 saturated carbocycles. The molecule has 0 spiro atoms. The summed E-state index contributed by atoms with van der Waals surface area (Å²) < 4.78 is 2.00. The lowest BCUT2D eigenvalue weighted by atomic mass is 9.82. The number of amides is 1. The summed E-state index contributed by atoms with van der Waals surface area (Å²) in [5, 5.41) is 9.16. The third-order valence-corrected chi connectivity index (χ3v) is 4.28. The fourth-order valence-electron chi connectivity index (χ4n) is 2.77. The van der Waals surface area contributed by atoms with Gasteiger partial charge in [0.25, 0.3) is 0 Å². The number of carbonyl (C=O) groups is 1. The molecule has 0 aromatic carbocycles. The molecule has 1 aliphatic rings. The summed E-state index contributed by atoms with van der Waals surface area (Å²) in [6.45, 7) is 5.49. The average molecular weight is 273 g/mol. The van der Waals surface area contributed by atoms with Crippen LogP contribution in [0.1, 0.15) is 45.6 Å². The van der Waals surface area contributed by atoms with Crippen LogP contribution in [-0.2, 0) is 4.79 Å². The van der Waals surface area contributed by atoms with E-state index >= 15 is 0 Å². The molecule has 1 saturated heterocycles. The Labute approximate surface area is 121 Å². The van der Waals surface area contributed by atoms with Crippen molar-refractivity contribution in [3.8, 4) is 6.07 Å². The van der Waals surface area contributed by atoms with Crippen LogP contribution in [0.25, 0.3) is 0 Å². The smallest absolute Gasteiger partial charge is 0.245 e. The zero-order valence-corrected chi connectivity index (χ0v) is 12.4. The van der Waals surface area contributed by atoms with Crippen LogP contribution in [0.15, 0.2) is 24.5 Å². The molecule has 2 rings (SSSR count). The van der Waals surface area contributed by atoms with Crippen molar-refractivity contribution < 1.29 is 4.79 Å². The van der Waals surface area contributed by atoms with Gasteiger partial charge in [-0.05, 0) is 38.3 Å². The number of likely N-dealkylation sites (tertiary alicyclic amines) is 1. The Balaban J connectivity index is 2.05. The van der Waals surface area contributed by atoms with Crippen molar-refractivity contribution in [3.05, 3.63) is 24.5 Å². The van der Waals surface area contributed by atoms with Crippen LogP contribution in [-0.4, -0.2) is 28.5 Å². The summed E-state index contributed by atoms with van der Waals surface area (Å²) >= 11 is 0. The Morgan fingerprint density at radius 3 is 2.45 bits per heavy atom. The minimum atomic E-state index is -0.259. The first-order valence-electron chi connectivity index (χ1n) is 7.42. The first-order chi connectivity index (χ1) is 9.59. The Morgan fingerprint density at radius 1 is 1.35 bits per heavy atom. The highest BCUT2D eigenvalue weighted by atomic mass is 16.2. The van der Waals surface area contributed by atoms with Crippen LogP contribution < -0.4 is 0 Å². The first kappa shape index (κ1) is 14.6. The summed E-state index contributed by atoms with van der Waals surface area (Å²) in [5.41, 5.74) is -0.259. The summed E-state index contributed by atoms with van der Waals surface area (Å²) in [5.74, 6) is 0.197. The molecule has 0 radical (unpaired) electrons. The third kappa shape index (κ3) is 3.04. The topological polar surface area (TPSA) is 49.0 Å². The fraction of sp³-hybridized carbons (Fsp3) is 0.625. The quantitative estimate of drug-likeness (QED) is 0.846. The van der Waals surface area contributed by atoms with Crippen molar-refractivity contribution in [3.63, 3.8) is 0 Å². The number of nitriles is 1. The second-order valence-electron chi connectivity index (χ2n) is 5.93. The number of carbonyl (C=O) groups excluding carboxylic acids is 1. The van der Waals surface area contributed by atoms with Gasteiger partial charge in [-0.15, -0.1) is 0 Å². The molecule has 2 heterocycles. The Morgan fingerprint density at radius 2 is 1.95 bits per heavy atom. The molecule has 0 aliphatic carbocycles. The van der Waals surface area contributed by atoms with Gasteiger partial charge < -0.3 is 9.47 Å². The lowest BCUT2D eigenvalue weighted by molar-refractivity contribution is -0.136. The monoisotopic (exact) mass is 273 g/mol. The predicted molar refractivity (Wildman–Crippen MR) is 77.9 cm³/mol. The zero-order valence-electron chi connectivity index (χ0n) is 12.4. The number of hydrogen-bond acceptors (Lipinski definition) is 2. The van der Waals surface area contributed by atoms with E-state index < -0.39 is 0 Å². The van der Waals surface area contributed by atoms with Gasteiger partial charge in [0.1, 0.15) is 6.04 Å². The normalized spacial score (nSPS) is 19.4. The van der Waals surface area contributed by atoms with E-state index in [1.165, 1.54) is 0 Å². The van der Waals surface area contributed by atoms with E-state index in [1.54, 1.807) is 0 Å². The lowest BCUT2D eigenvalue weighted by Crippen LogP contribution is -2.44. The molecule has 1 aromatic rings. The Kier molecular flexibility index (Phi) is 4.49. The average Bonchev–Trinajstić information content (AvgIpc) is 2.99. The SMILES string of the molecule is CCC[C@@H](C(=O)N1CCC(C)(C#N)CC1)n1cccc1. The second-order valence-corrected chi connectivity index (χ2v) is 5.93. The van der Waals surface area contributed by atoms with E-state index in [-0.39, 0.29) is 17.4 Å². The first-order valence-corrected chi connectivity index (χ1v) is 7.42. The number of nitrogens with zero attached hydrogens (tertiary/aromatic N) is 3. The zero-order chi connectivity index (χ0) is 14.6. The van der Waals surface area contributed by atoms with E-state index in [4.69, 9.17) is 5.26 Å². The van der Waals surface area contributed by atoms with E-state index in [2.05, 4.69) is 13.0 Å². The molecule has 0 bridgehead atoms. The van der Waals surface area contributed by atoms with E-state index in [0.717, 1.165) is 25.7 Å². The number of rotatable bonds is 4. The van der Waals surface area contributed by atoms with Gasteiger partial charge in [-0.1, -0.05) is 13.3 Å². The maximum absolute atomic E-state index is 12.7. The molecule has 1 amide bonds. The maximum Gasteiger partial charge on any atom is 0.245 e. The number of aromatic nitrogens is 1. The molecular formula is C16H23N3O. The largest absolute Gasteiger partial charge is 0.342 e. The Hall–Kier alpha value is -1.76. The van der Waals surface area contributed by atoms with Gasteiger partial charge in [-0.3, -0.25) is 4.79 Å². The summed E-state index contributed by atoms with van der Waals surface area (Å²) in [6, 6.07) is 6.20. The van der Waals surface area contributed by atoms with Crippen molar-refractivity contribution in [1.82, 2.24) is 9.47 Å². The van der Waals surface area contributed by atoms with Gasteiger partial charge in [-0.2, -0.15) is 5.26 Å². The number of hydrogen-bond donors (Lipinski definition) is 0. The van der Waals surface area contributed by atoms with Gasteiger partial charge in [0.15, 0.2) is 0 Å². The van der Waals surface area contributed by atoms with Crippen molar-refractivity contribution in [2.75, 3.05) is 13.1 Å². The molecule has 4 heteroatoms. The Bertz CT molecular complexity index is 478. The van der Waals surface area contributed by atoms with Gasteiger partial charge in [-0.25, -0.2) is 0 Å². The minimum absolute atomic E-state index is 0.0959. The highest BCUT2D eigenvalue weighted by Gasteiger charge is 2.34. The minimum Gasteiger partial charge on any atom is -0.342 e. The van der Waals surface area contributed by atoms with Crippen molar-refractivity contribution in [2.45, 2.75) is 45.6 Å². The molecule has 4 nitrogen and oxygen atoms in total. The van der Waals surface area contributed by atoms with E-state index in [0.29, 0.717) is 13.1 Å². The molecule has 0 N–H and O–H groups in total. The summed E-state index contributed by atoms with van der Waals surface area (Å²) in [6.07, 6.45) is 7.32. The summed E-state index contributed by atoms with van der Waals surface area (Å²) in [7, 11) is 0. The standard InChI is InChI=1S/C16H23N3O/c1-3-6-14(18-9-4-5-10-18)15(20)19-11-7-16(2,13-17)8-12-19/h4-5,9-10,14H,3,6-8,11-12H2,1-2H3/t14-/m0/s1. The molecule has 1 atom stereocenters.